The van der Waals surface area contributed by atoms with E-state index >= 15 is 0 Å². The second kappa shape index (κ2) is 6.28. The van der Waals surface area contributed by atoms with E-state index in [0.29, 0.717) is 6.04 Å². The van der Waals surface area contributed by atoms with Crippen molar-refractivity contribution in [2.75, 3.05) is 11.9 Å². The maximum atomic E-state index is 8.87. The molecule has 0 aliphatic carbocycles. The summed E-state index contributed by atoms with van der Waals surface area (Å²) in [5.74, 6) is 0.157. The zero-order valence-corrected chi connectivity index (χ0v) is 11.6. The summed E-state index contributed by atoms with van der Waals surface area (Å²) in [4.78, 5) is 2.20. The molecular formula is C14H23N3O. The maximum absolute atomic E-state index is 8.87. The minimum Gasteiger partial charge on any atom is -0.409 e. The number of benzene rings is 1. The monoisotopic (exact) mass is 249 g/mol. The third-order valence-corrected chi connectivity index (χ3v) is 3.34. The molecule has 0 saturated carbocycles. The Morgan fingerprint density at radius 2 is 2.17 bits per heavy atom. The van der Waals surface area contributed by atoms with Crippen LogP contribution >= 0.6 is 0 Å². The van der Waals surface area contributed by atoms with Gasteiger partial charge in [0.1, 0.15) is 0 Å². The van der Waals surface area contributed by atoms with E-state index in [2.05, 4.69) is 31.0 Å². The lowest BCUT2D eigenvalue weighted by Crippen LogP contribution is -2.31. The van der Waals surface area contributed by atoms with Crippen LogP contribution < -0.4 is 10.6 Å². The van der Waals surface area contributed by atoms with Crippen molar-refractivity contribution in [2.24, 2.45) is 10.9 Å². The van der Waals surface area contributed by atoms with Crippen LogP contribution in [0.15, 0.2) is 23.4 Å². The Morgan fingerprint density at radius 1 is 1.50 bits per heavy atom. The van der Waals surface area contributed by atoms with Gasteiger partial charge in [-0.2, -0.15) is 0 Å². The van der Waals surface area contributed by atoms with E-state index in [-0.39, 0.29) is 5.84 Å². The molecule has 18 heavy (non-hydrogen) atoms. The SMILES string of the molecule is CCCC(C)N(C)c1c(C)cccc1/C(N)=N/O. The highest BCUT2D eigenvalue weighted by Crippen LogP contribution is 2.26. The molecule has 1 aromatic carbocycles. The first-order valence-corrected chi connectivity index (χ1v) is 6.33. The number of para-hydroxylation sites is 1. The van der Waals surface area contributed by atoms with E-state index in [9.17, 15) is 0 Å². The van der Waals surface area contributed by atoms with E-state index in [1.165, 1.54) is 0 Å². The molecule has 0 aliphatic heterocycles. The Balaban J connectivity index is 3.21. The Bertz CT molecular complexity index is 429. The second-order valence-electron chi connectivity index (χ2n) is 4.70. The molecule has 0 radical (unpaired) electrons. The zero-order valence-electron chi connectivity index (χ0n) is 11.6. The van der Waals surface area contributed by atoms with Crippen molar-refractivity contribution in [3.8, 4) is 0 Å². The summed E-state index contributed by atoms with van der Waals surface area (Å²) >= 11 is 0. The highest BCUT2D eigenvalue weighted by atomic mass is 16.4. The van der Waals surface area contributed by atoms with Crippen LogP contribution in [0.4, 0.5) is 5.69 Å². The van der Waals surface area contributed by atoms with E-state index in [0.717, 1.165) is 29.7 Å². The molecule has 1 rings (SSSR count). The topological polar surface area (TPSA) is 61.8 Å². The fourth-order valence-corrected chi connectivity index (χ4v) is 2.22. The van der Waals surface area contributed by atoms with Crippen LogP contribution in [0.2, 0.25) is 0 Å². The van der Waals surface area contributed by atoms with Crippen molar-refractivity contribution in [1.82, 2.24) is 0 Å². The molecule has 0 saturated heterocycles. The third-order valence-electron chi connectivity index (χ3n) is 3.34. The van der Waals surface area contributed by atoms with Crippen LogP contribution in [0.3, 0.4) is 0 Å². The number of nitrogens with zero attached hydrogens (tertiary/aromatic N) is 2. The lowest BCUT2D eigenvalue weighted by Gasteiger charge is -2.30. The van der Waals surface area contributed by atoms with Gasteiger partial charge in [0.25, 0.3) is 0 Å². The second-order valence-corrected chi connectivity index (χ2v) is 4.70. The number of hydrogen-bond acceptors (Lipinski definition) is 3. The fourth-order valence-electron chi connectivity index (χ4n) is 2.22. The summed E-state index contributed by atoms with van der Waals surface area (Å²) in [6.45, 7) is 6.40. The minimum atomic E-state index is 0.157. The third kappa shape index (κ3) is 2.94. The minimum absolute atomic E-state index is 0.157. The van der Waals surface area contributed by atoms with Crippen molar-refractivity contribution in [1.29, 1.82) is 0 Å². The molecule has 0 bridgehead atoms. The van der Waals surface area contributed by atoms with E-state index < -0.39 is 0 Å². The zero-order chi connectivity index (χ0) is 13.7. The Kier molecular flexibility index (Phi) is 5.01. The van der Waals surface area contributed by atoms with Gasteiger partial charge in [-0.15, -0.1) is 0 Å². The average Bonchev–Trinajstić information content (AvgIpc) is 2.37. The van der Waals surface area contributed by atoms with Gasteiger partial charge in [-0.1, -0.05) is 30.6 Å². The van der Waals surface area contributed by atoms with Crippen LogP contribution in [-0.4, -0.2) is 24.1 Å². The first-order chi connectivity index (χ1) is 8.52. The summed E-state index contributed by atoms with van der Waals surface area (Å²) in [6, 6.07) is 6.26. The molecular weight excluding hydrogens is 226 g/mol. The molecule has 1 atom stereocenters. The molecule has 100 valence electrons. The molecule has 1 unspecified atom stereocenters. The standard InChI is InChI=1S/C14H23N3O/c1-5-7-11(3)17(4)13-10(2)8-6-9-12(13)14(15)16-18/h6,8-9,11,18H,5,7H2,1-4H3,(H2,15,16). The largest absolute Gasteiger partial charge is 0.409 e. The molecule has 0 amide bonds. The lowest BCUT2D eigenvalue weighted by molar-refractivity contribution is 0.318. The number of oxime groups is 1. The molecule has 0 fully saturated rings. The van der Waals surface area contributed by atoms with Crippen molar-refractivity contribution >= 4 is 11.5 Å². The molecule has 1 aromatic rings. The Hall–Kier alpha value is -1.71. The summed E-state index contributed by atoms with van der Waals surface area (Å²) in [5, 5.41) is 12.0. The van der Waals surface area contributed by atoms with Gasteiger partial charge in [-0.25, -0.2) is 0 Å². The fraction of sp³-hybridized carbons (Fsp3) is 0.500. The summed E-state index contributed by atoms with van der Waals surface area (Å²) < 4.78 is 0. The van der Waals surface area contributed by atoms with Gasteiger partial charge in [-0.3, -0.25) is 0 Å². The van der Waals surface area contributed by atoms with Crippen LogP contribution in [0.25, 0.3) is 0 Å². The quantitative estimate of drug-likeness (QED) is 0.365. The van der Waals surface area contributed by atoms with Crippen LogP contribution in [0, 0.1) is 6.92 Å². The molecule has 4 heteroatoms. The van der Waals surface area contributed by atoms with E-state index in [1.807, 2.05) is 25.1 Å². The average molecular weight is 249 g/mol. The van der Waals surface area contributed by atoms with Crippen molar-refractivity contribution < 1.29 is 5.21 Å². The number of nitrogens with two attached hydrogens (primary N) is 1. The molecule has 3 N–H and O–H groups in total. The predicted octanol–water partition coefficient (Wildman–Crippen LogP) is 2.71. The van der Waals surface area contributed by atoms with Crippen molar-refractivity contribution in [3.63, 3.8) is 0 Å². The first-order valence-electron chi connectivity index (χ1n) is 6.33. The highest BCUT2D eigenvalue weighted by Gasteiger charge is 2.17. The van der Waals surface area contributed by atoms with Crippen LogP contribution in [0.5, 0.6) is 0 Å². The van der Waals surface area contributed by atoms with Gasteiger partial charge in [0, 0.05) is 18.7 Å². The molecule has 0 aromatic heterocycles. The predicted molar refractivity (Wildman–Crippen MR) is 76.5 cm³/mol. The summed E-state index contributed by atoms with van der Waals surface area (Å²) in [7, 11) is 2.05. The Morgan fingerprint density at radius 3 is 2.72 bits per heavy atom. The summed E-state index contributed by atoms with van der Waals surface area (Å²) in [6.07, 6.45) is 2.25. The number of anilines is 1. The van der Waals surface area contributed by atoms with Crippen LogP contribution in [-0.2, 0) is 0 Å². The molecule has 0 aliphatic rings. The normalized spacial score (nSPS) is 13.4. The molecule has 0 heterocycles. The number of hydrogen-bond donors (Lipinski definition) is 2. The first kappa shape index (κ1) is 14.4. The molecule has 4 nitrogen and oxygen atoms in total. The van der Waals surface area contributed by atoms with E-state index in [4.69, 9.17) is 10.9 Å². The Labute approximate surface area is 109 Å². The van der Waals surface area contributed by atoms with Gasteiger partial charge in [-0.05, 0) is 31.9 Å². The van der Waals surface area contributed by atoms with Gasteiger partial charge in [0.05, 0.1) is 5.69 Å². The van der Waals surface area contributed by atoms with Gasteiger partial charge in [0.15, 0.2) is 5.84 Å². The van der Waals surface area contributed by atoms with Crippen molar-refractivity contribution in [3.05, 3.63) is 29.3 Å². The van der Waals surface area contributed by atoms with E-state index in [1.54, 1.807) is 0 Å². The highest BCUT2D eigenvalue weighted by molar-refractivity contribution is 6.02. The number of rotatable bonds is 5. The number of amidine groups is 1. The number of aryl methyl sites for hydroxylation is 1. The summed E-state index contributed by atoms with van der Waals surface area (Å²) in [5.41, 5.74) is 8.69. The molecule has 0 spiro atoms. The van der Waals surface area contributed by atoms with Gasteiger partial charge < -0.3 is 15.8 Å². The van der Waals surface area contributed by atoms with Crippen molar-refractivity contribution in [2.45, 2.75) is 39.7 Å². The van der Waals surface area contributed by atoms with Gasteiger partial charge in [0.2, 0.25) is 0 Å². The van der Waals surface area contributed by atoms with Gasteiger partial charge >= 0.3 is 0 Å². The maximum Gasteiger partial charge on any atom is 0.172 e. The lowest BCUT2D eigenvalue weighted by atomic mass is 10.0. The van der Waals surface area contributed by atoms with Crippen LogP contribution in [0.1, 0.15) is 37.8 Å². The smallest absolute Gasteiger partial charge is 0.172 e.